The third kappa shape index (κ3) is 3.25. The Bertz CT molecular complexity index is 657. The molecule has 4 heteroatoms. The fourth-order valence-corrected chi connectivity index (χ4v) is 3.45. The standard InChI is InChI=1S/C17H16BrClO2/c18-12-8-7-11(15(19)9-12)10-21-17-6-2-3-13-14(17)4-1-5-16(13)20/h2-3,6-9,16,20H,1,4-5,10H2. The van der Waals surface area contributed by atoms with Crippen molar-refractivity contribution in [1.82, 2.24) is 0 Å². The van der Waals surface area contributed by atoms with E-state index in [0.717, 1.165) is 46.2 Å². The zero-order valence-electron chi connectivity index (χ0n) is 11.5. The zero-order chi connectivity index (χ0) is 14.8. The van der Waals surface area contributed by atoms with E-state index in [1.54, 1.807) is 0 Å². The summed E-state index contributed by atoms with van der Waals surface area (Å²) >= 11 is 9.61. The first-order valence-electron chi connectivity index (χ1n) is 7.02. The minimum atomic E-state index is -0.367. The van der Waals surface area contributed by atoms with Gasteiger partial charge in [-0.15, -0.1) is 0 Å². The first-order valence-corrected chi connectivity index (χ1v) is 8.19. The van der Waals surface area contributed by atoms with Crippen LogP contribution in [0, 0.1) is 0 Å². The van der Waals surface area contributed by atoms with Crippen LogP contribution < -0.4 is 4.74 Å². The molecule has 110 valence electrons. The van der Waals surface area contributed by atoms with Crippen molar-refractivity contribution in [3.05, 3.63) is 62.6 Å². The summed E-state index contributed by atoms with van der Waals surface area (Å²) in [6.45, 7) is 0.429. The molecule has 0 saturated carbocycles. The highest BCUT2D eigenvalue weighted by molar-refractivity contribution is 9.10. The molecule has 1 aliphatic carbocycles. The molecular weight excluding hydrogens is 352 g/mol. The largest absolute Gasteiger partial charge is 0.489 e. The fraction of sp³-hybridized carbons (Fsp3) is 0.294. The number of benzene rings is 2. The van der Waals surface area contributed by atoms with E-state index in [4.69, 9.17) is 16.3 Å². The molecule has 2 nitrogen and oxygen atoms in total. The van der Waals surface area contributed by atoms with Gasteiger partial charge in [-0.2, -0.15) is 0 Å². The molecule has 1 aliphatic rings. The Balaban J connectivity index is 1.81. The fourth-order valence-electron chi connectivity index (χ4n) is 2.72. The second-order valence-electron chi connectivity index (χ2n) is 5.26. The van der Waals surface area contributed by atoms with Crippen molar-refractivity contribution in [3.8, 4) is 5.75 Å². The van der Waals surface area contributed by atoms with Gasteiger partial charge >= 0.3 is 0 Å². The van der Waals surface area contributed by atoms with Crippen molar-refractivity contribution in [1.29, 1.82) is 0 Å². The molecule has 0 amide bonds. The van der Waals surface area contributed by atoms with E-state index in [1.807, 2.05) is 36.4 Å². The molecule has 1 atom stereocenters. The second kappa shape index (κ2) is 6.39. The molecule has 0 heterocycles. The van der Waals surface area contributed by atoms with E-state index in [-0.39, 0.29) is 6.10 Å². The number of aliphatic hydroxyl groups excluding tert-OH is 1. The molecule has 0 spiro atoms. The summed E-state index contributed by atoms with van der Waals surface area (Å²) in [5, 5.41) is 10.8. The number of halogens is 2. The smallest absolute Gasteiger partial charge is 0.123 e. The summed E-state index contributed by atoms with van der Waals surface area (Å²) in [6.07, 6.45) is 2.41. The van der Waals surface area contributed by atoms with E-state index in [0.29, 0.717) is 11.6 Å². The Kier molecular flexibility index (Phi) is 4.53. The van der Waals surface area contributed by atoms with Gasteiger partial charge in [0.1, 0.15) is 12.4 Å². The summed E-state index contributed by atoms with van der Waals surface area (Å²) in [7, 11) is 0. The van der Waals surface area contributed by atoms with Crippen molar-refractivity contribution in [3.63, 3.8) is 0 Å². The number of fused-ring (bicyclic) bond motifs is 1. The van der Waals surface area contributed by atoms with E-state index in [9.17, 15) is 5.11 Å². The van der Waals surface area contributed by atoms with Crippen LogP contribution in [-0.4, -0.2) is 5.11 Å². The molecular formula is C17H16BrClO2. The number of hydrogen-bond donors (Lipinski definition) is 1. The quantitative estimate of drug-likeness (QED) is 0.822. The van der Waals surface area contributed by atoms with Gasteiger partial charge in [-0.1, -0.05) is 45.7 Å². The predicted molar refractivity (Wildman–Crippen MR) is 87.8 cm³/mol. The maximum Gasteiger partial charge on any atom is 0.123 e. The first kappa shape index (κ1) is 14.9. The number of rotatable bonds is 3. The molecule has 0 aromatic heterocycles. The van der Waals surface area contributed by atoms with E-state index < -0.39 is 0 Å². The minimum Gasteiger partial charge on any atom is -0.489 e. The van der Waals surface area contributed by atoms with Gasteiger partial charge in [-0.05, 0) is 48.6 Å². The molecule has 3 rings (SSSR count). The SMILES string of the molecule is OC1CCCc2c(OCc3ccc(Br)cc3Cl)cccc21. The number of aliphatic hydroxyl groups is 1. The molecule has 2 aromatic carbocycles. The Morgan fingerprint density at radius 3 is 2.95 bits per heavy atom. The lowest BCUT2D eigenvalue weighted by Crippen LogP contribution is -2.11. The average Bonchev–Trinajstić information content (AvgIpc) is 2.47. The molecule has 0 bridgehead atoms. The van der Waals surface area contributed by atoms with Gasteiger partial charge in [0.2, 0.25) is 0 Å². The molecule has 21 heavy (non-hydrogen) atoms. The van der Waals surface area contributed by atoms with E-state index in [2.05, 4.69) is 15.9 Å². The first-order chi connectivity index (χ1) is 10.1. The van der Waals surface area contributed by atoms with Crippen molar-refractivity contribution >= 4 is 27.5 Å². The molecule has 0 radical (unpaired) electrons. The predicted octanol–water partition coefficient (Wildman–Crippen LogP) is 5.05. The summed E-state index contributed by atoms with van der Waals surface area (Å²) in [5.41, 5.74) is 3.08. The monoisotopic (exact) mass is 366 g/mol. The number of hydrogen-bond acceptors (Lipinski definition) is 2. The van der Waals surface area contributed by atoms with Crippen LogP contribution >= 0.6 is 27.5 Å². The van der Waals surface area contributed by atoms with Gasteiger partial charge in [0, 0.05) is 15.1 Å². The van der Waals surface area contributed by atoms with Crippen LogP contribution in [0.15, 0.2) is 40.9 Å². The summed E-state index contributed by atoms with van der Waals surface area (Å²) in [5.74, 6) is 0.852. The number of ether oxygens (including phenoxy) is 1. The topological polar surface area (TPSA) is 29.5 Å². The highest BCUT2D eigenvalue weighted by Gasteiger charge is 2.20. The van der Waals surface area contributed by atoms with Crippen LogP contribution in [0.3, 0.4) is 0 Å². The highest BCUT2D eigenvalue weighted by Crippen LogP contribution is 2.35. The van der Waals surface area contributed by atoms with Crippen molar-refractivity contribution in [2.75, 3.05) is 0 Å². The Morgan fingerprint density at radius 1 is 1.29 bits per heavy atom. The minimum absolute atomic E-state index is 0.367. The van der Waals surface area contributed by atoms with Crippen LogP contribution in [0.4, 0.5) is 0 Å². The van der Waals surface area contributed by atoms with Crippen LogP contribution in [0.25, 0.3) is 0 Å². The Hall–Kier alpha value is -1.03. The third-order valence-corrected chi connectivity index (χ3v) is 4.68. The van der Waals surface area contributed by atoms with Crippen molar-refractivity contribution in [2.24, 2.45) is 0 Å². The summed E-state index contributed by atoms with van der Waals surface area (Å²) in [4.78, 5) is 0. The zero-order valence-corrected chi connectivity index (χ0v) is 13.8. The molecule has 0 aliphatic heterocycles. The highest BCUT2D eigenvalue weighted by atomic mass is 79.9. The normalized spacial score (nSPS) is 17.4. The lowest BCUT2D eigenvalue weighted by atomic mass is 9.89. The van der Waals surface area contributed by atoms with Gasteiger partial charge < -0.3 is 9.84 Å². The van der Waals surface area contributed by atoms with Gasteiger partial charge in [0.05, 0.1) is 6.10 Å². The Labute approximate surface area is 137 Å². The van der Waals surface area contributed by atoms with Gasteiger partial charge in [0.25, 0.3) is 0 Å². The van der Waals surface area contributed by atoms with Crippen LogP contribution in [0.5, 0.6) is 5.75 Å². The van der Waals surface area contributed by atoms with E-state index >= 15 is 0 Å². The molecule has 1 unspecified atom stereocenters. The van der Waals surface area contributed by atoms with Crippen LogP contribution in [-0.2, 0) is 13.0 Å². The van der Waals surface area contributed by atoms with Gasteiger partial charge in [-0.25, -0.2) is 0 Å². The van der Waals surface area contributed by atoms with Crippen LogP contribution in [0.1, 0.15) is 35.6 Å². The van der Waals surface area contributed by atoms with Crippen LogP contribution in [0.2, 0.25) is 5.02 Å². The molecule has 2 aromatic rings. The lowest BCUT2D eigenvalue weighted by molar-refractivity contribution is 0.155. The second-order valence-corrected chi connectivity index (χ2v) is 6.58. The molecule has 0 saturated heterocycles. The molecule has 1 N–H and O–H groups in total. The lowest BCUT2D eigenvalue weighted by Gasteiger charge is -2.23. The Morgan fingerprint density at radius 2 is 2.14 bits per heavy atom. The van der Waals surface area contributed by atoms with E-state index in [1.165, 1.54) is 0 Å². The summed E-state index contributed by atoms with van der Waals surface area (Å²) < 4.78 is 6.90. The van der Waals surface area contributed by atoms with Crippen molar-refractivity contribution in [2.45, 2.75) is 32.0 Å². The van der Waals surface area contributed by atoms with Gasteiger partial charge in [-0.3, -0.25) is 0 Å². The maximum atomic E-state index is 10.1. The molecule has 0 fully saturated rings. The van der Waals surface area contributed by atoms with Crippen molar-refractivity contribution < 1.29 is 9.84 Å². The average molecular weight is 368 g/mol. The summed E-state index contributed by atoms with van der Waals surface area (Å²) in [6, 6.07) is 11.7. The van der Waals surface area contributed by atoms with Gasteiger partial charge in [0.15, 0.2) is 0 Å². The third-order valence-electron chi connectivity index (χ3n) is 3.83. The maximum absolute atomic E-state index is 10.1.